The average molecular weight is 396 g/mol. The van der Waals surface area contributed by atoms with Crippen LogP contribution in [0.15, 0.2) is 4.99 Å². The molecule has 4 nitrogen and oxygen atoms in total. The minimum atomic E-state index is 0. The Morgan fingerprint density at radius 2 is 2.05 bits per heavy atom. The number of aliphatic imine (C=N–C) groups is 1. The number of hydrogen-bond donors (Lipinski definition) is 1. The van der Waals surface area contributed by atoms with E-state index in [1.54, 1.807) is 0 Å². The van der Waals surface area contributed by atoms with Gasteiger partial charge in [-0.15, -0.1) is 24.0 Å². The molecule has 1 rings (SSSR count). The molecule has 0 aliphatic carbocycles. The average Bonchev–Trinajstić information content (AvgIpc) is 2.69. The molecule has 1 aliphatic heterocycles. The highest BCUT2D eigenvalue weighted by atomic mass is 127. The molecule has 0 radical (unpaired) electrons. The Balaban J connectivity index is 0.00000361. The van der Waals surface area contributed by atoms with Crippen molar-refractivity contribution in [3.63, 3.8) is 0 Å². The van der Waals surface area contributed by atoms with Crippen LogP contribution in [0.5, 0.6) is 0 Å². The molecule has 20 heavy (non-hydrogen) atoms. The Morgan fingerprint density at radius 3 is 2.45 bits per heavy atom. The van der Waals surface area contributed by atoms with E-state index in [1.165, 1.54) is 6.42 Å². The second-order valence-electron chi connectivity index (χ2n) is 6.53. The Hall–Kier alpha value is -0.0400. The van der Waals surface area contributed by atoms with Gasteiger partial charge in [-0.1, -0.05) is 20.8 Å². The van der Waals surface area contributed by atoms with Crippen molar-refractivity contribution in [2.75, 3.05) is 39.8 Å². The fourth-order valence-electron chi connectivity index (χ4n) is 2.72. The lowest BCUT2D eigenvalue weighted by atomic mass is 9.93. The molecule has 0 amide bonds. The van der Waals surface area contributed by atoms with E-state index in [9.17, 15) is 0 Å². The van der Waals surface area contributed by atoms with Crippen LogP contribution in [0.2, 0.25) is 0 Å². The van der Waals surface area contributed by atoms with Gasteiger partial charge < -0.3 is 10.2 Å². The Kier molecular flexibility index (Phi) is 9.06. The van der Waals surface area contributed by atoms with E-state index < -0.39 is 0 Å². The number of likely N-dealkylation sites (tertiary alicyclic amines) is 1. The normalized spacial score (nSPS) is 18.6. The topological polar surface area (TPSA) is 30.9 Å². The minimum absolute atomic E-state index is 0. The van der Waals surface area contributed by atoms with Crippen molar-refractivity contribution in [3.8, 4) is 0 Å². The largest absolute Gasteiger partial charge is 0.355 e. The molecular formula is C15H33IN4. The molecule has 5 heteroatoms. The van der Waals surface area contributed by atoms with Gasteiger partial charge in [0.15, 0.2) is 5.96 Å². The summed E-state index contributed by atoms with van der Waals surface area (Å²) in [5.74, 6) is 1.06. The smallest absolute Gasteiger partial charge is 0.193 e. The van der Waals surface area contributed by atoms with Gasteiger partial charge in [-0.3, -0.25) is 9.89 Å². The van der Waals surface area contributed by atoms with Gasteiger partial charge in [0.25, 0.3) is 0 Å². The van der Waals surface area contributed by atoms with Crippen molar-refractivity contribution in [3.05, 3.63) is 0 Å². The fourth-order valence-corrected chi connectivity index (χ4v) is 2.72. The summed E-state index contributed by atoms with van der Waals surface area (Å²) in [7, 11) is 1.88. The quantitative estimate of drug-likeness (QED) is 0.441. The highest BCUT2D eigenvalue weighted by molar-refractivity contribution is 14.0. The summed E-state index contributed by atoms with van der Waals surface area (Å²) in [6.45, 7) is 16.8. The van der Waals surface area contributed by atoms with E-state index >= 15 is 0 Å². The van der Waals surface area contributed by atoms with Gasteiger partial charge >= 0.3 is 0 Å². The van der Waals surface area contributed by atoms with Crippen LogP contribution in [0.4, 0.5) is 0 Å². The van der Waals surface area contributed by atoms with Gasteiger partial charge in [0, 0.05) is 39.3 Å². The number of guanidine groups is 1. The monoisotopic (exact) mass is 396 g/mol. The minimum Gasteiger partial charge on any atom is -0.355 e. The van der Waals surface area contributed by atoms with Crippen LogP contribution >= 0.6 is 24.0 Å². The first kappa shape index (κ1) is 20.0. The molecule has 120 valence electrons. The predicted molar refractivity (Wildman–Crippen MR) is 99.1 cm³/mol. The van der Waals surface area contributed by atoms with Gasteiger partial charge in [0.1, 0.15) is 0 Å². The molecule has 1 saturated heterocycles. The van der Waals surface area contributed by atoms with Crippen LogP contribution < -0.4 is 5.32 Å². The molecule has 1 aliphatic rings. The molecule has 0 aromatic rings. The molecule has 0 bridgehead atoms. The Bertz CT molecular complexity index is 302. The Labute approximate surface area is 142 Å². The zero-order chi connectivity index (χ0) is 14.5. The van der Waals surface area contributed by atoms with Crippen molar-refractivity contribution < 1.29 is 0 Å². The van der Waals surface area contributed by atoms with Crippen molar-refractivity contribution in [1.82, 2.24) is 15.1 Å². The first-order chi connectivity index (χ1) is 8.89. The lowest BCUT2D eigenvalue weighted by molar-refractivity contribution is 0.236. The molecular weight excluding hydrogens is 363 g/mol. The molecule has 1 N–H and O–H groups in total. The highest BCUT2D eigenvalue weighted by Crippen LogP contribution is 2.28. The third kappa shape index (κ3) is 6.16. The molecule has 0 unspecified atom stereocenters. The molecule has 0 aromatic heterocycles. The van der Waals surface area contributed by atoms with Crippen molar-refractivity contribution in [2.45, 2.75) is 47.1 Å². The van der Waals surface area contributed by atoms with Crippen LogP contribution in [0.3, 0.4) is 0 Å². The van der Waals surface area contributed by atoms with Gasteiger partial charge in [-0.05, 0) is 32.2 Å². The Morgan fingerprint density at radius 1 is 1.40 bits per heavy atom. The van der Waals surface area contributed by atoms with Crippen LogP contribution in [0.1, 0.15) is 41.0 Å². The number of rotatable bonds is 5. The summed E-state index contributed by atoms with van der Waals surface area (Å²) in [4.78, 5) is 9.26. The second kappa shape index (κ2) is 9.07. The summed E-state index contributed by atoms with van der Waals surface area (Å²) < 4.78 is 0. The first-order valence-electron chi connectivity index (χ1n) is 7.59. The lowest BCUT2D eigenvalue weighted by Crippen LogP contribution is -2.44. The summed E-state index contributed by atoms with van der Waals surface area (Å²) >= 11 is 0. The zero-order valence-electron chi connectivity index (χ0n) is 14.1. The molecule has 1 fully saturated rings. The maximum Gasteiger partial charge on any atom is 0.193 e. The van der Waals surface area contributed by atoms with Crippen molar-refractivity contribution in [2.24, 2.45) is 10.4 Å². The summed E-state index contributed by atoms with van der Waals surface area (Å²) in [6.07, 6.45) is 1.25. The van der Waals surface area contributed by atoms with Gasteiger partial charge in [0.05, 0.1) is 0 Å². The van der Waals surface area contributed by atoms with Crippen molar-refractivity contribution >= 4 is 29.9 Å². The maximum atomic E-state index is 4.42. The van der Waals surface area contributed by atoms with Crippen molar-refractivity contribution in [1.29, 1.82) is 0 Å². The van der Waals surface area contributed by atoms with E-state index in [1.807, 2.05) is 7.05 Å². The van der Waals surface area contributed by atoms with E-state index in [4.69, 9.17) is 0 Å². The van der Waals surface area contributed by atoms with Gasteiger partial charge in [0.2, 0.25) is 0 Å². The molecule has 0 atom stereocenters. The number of halogens is 1. The summed E-state index contributed by atoms with van der Waals surface area (Å²) in [6, 6.07) is 0.611. The number of nitrogens with one attached hydrogen (secondary N) is 1. The molecule has 1 heterocycles. The summed E-state index contributed by atoms with van der Waals surface area (Å²) in [5.41, 5.74) is 0.422. The number of nitrogens with zero attached hydrogens (tertiary/aromatic N) is 3. The standard InChI is InChI=1S/C15H32N4.HI/c1-7-18(13(2)3)11-9-17-14(16-6)19-10-8-15(4,5)12-19;/h13H,7-12H2,1-6H3,(H,16,17);1H. The number of likely N-dealkylation sites (N-methyl/N-ethyl adjacent to an activating group) is 1. The number of hydrogen-bond acceptors (Lipinski definition) is 2. The highest BCUT2D eigenvalue weighted by Gasteiger charge is 2.30. The van der Waals surface area contributed by atoms with E-state index in [-0.39, 0.29) is 24.0 Å². The van der Waals surface area contributed by atoms with E-state index in [0.29, 0.717) is 11.5 Å². The maximum absolute atomic E-state index is 4.42. The SMILES string of the molecule is CCN(CCNC(=NC)N1CCC(C)(C)C1)C(C)C.I. The van der Waals surface area contributed by atoms with Crippen LogP contribution in [-0.4, -0.2) is 61.6 Å². The van der Waals surface area contributed by atoms with Crippen LogP contribution in [-0.2, 0) is 0 Å². The molecule has 0 spiro atoms. The third-order valence-corrected chi connectivity index (χ3v) is 4.01. The van der Waals surface area contributed by atoms with Crippen LogP contribution in [0, 0.1) is 5.41 Å². The fraction of sp³-hybridized carbons (Fsp3) is 0.933. The lowest BCUT2D eigenvalue weighted by Gasteiger charge is -2.27. The van der Waals surface area contributed by atoms with Gasteiger partial charge in [-0.2, -0.15) is 0 Å². The third-order valence-electron chi connectivity index (χ3n) is 4.01. The second-order valence-corrected chi connectivity index (χ2v) is 6.53. The molecule has 0 aromatic carbocycles. The van der Waals surface area contributed by atoms with E-state index in [2.05, 4.69) is 54.7 Å². The summed E-state index contributed by atoms with van der Waals surface area (Å²) in [5, 5.41) is 3.50. The zero-order valence-corrected chi connectivity index (χ0v) is 16.4. The van der Waals surface area contributed by atoms with E-state index in [0.717, 1.165) is 38.7 Å². The van der Waals surface area contributed by atoms with Gasteiger partial charge in [-0.25, -0.2) is 0 Å². The molecule has 0 saturated carbocycles. The van der Waals surface area contributed by atoms with Crippen LogP contribution in [0.25, 0.3) is 0 Å². The first-order valence-corrected chi connectivity index (χ1v) is 7.59. The predicted octanol–water partition coefficient (Wildman–Crippen LogP) is 2.64.